The SMILES string of the molecule is CSc1cc(CN=O)c(SC)s1. The third kappa shape index (κ3) is 2.24. The molecule has 2 nitrogen and oxygen atoms in total. The molecule has 0 spiro atoms. The molecule has 0 saturated carbocycles. The molecular formula is C7H9NOS3. The highest BCUT2D eigenvalue weighted by Gasteiger charge is 2.07. The lowest BCUT2D eigenvalue weighted by Gasteiger charge is -1.91. The molecule has 0 N–H and O–H groups in total. The van der Waals surface area contributed by atoms with Crippen molar-refractivity contribution >= 4 is 34.9 Å². The van der Waals surface area contributed by atoms with Crippen LogP contribution in [0, 0.1) is 4.91 Å². The number of hydrogen-bond acceptors (Lipinski definition) is 5. The van der Waals surface area contributed by atoms with Crippen LogP contribution < -0.4 is 0 Å². The van der Waals surface area contributed by atoms with Crippen molar-refractivity contribution in [3.05, 3.63) is 16.5 Å². The van der Waals surface area contributed by atoms with E-state index in [0.29, 0.717) is 6.54 Å². The second-order valence-electron chi connectivity index (χ2n) is 2.07. The average Bonchev–Trinajstić information content (AvgIpc) is 2.48. The number of nitroso groups, excluding NO2 is 1. The largest absolute Gasteiger partial charge is 0.150 e. The molecule has 1 rings (SSSR count). The molecule has 0 unspecified atom stereocenters. The second kappa shape index (κ2) is 4.89. The maximum atomic E-state index is 10.1. The lowest BCUT2D eigenvalue weighted by atomic mass is 10.3. The Labute approximate surface area is 84.1 Å². The fourth-order valence-electron chi connectivity index (χ4n) is 0.841. The summed E-state index contributed by atoms with van der Waals surface area (Å²) in [6, 6.07) is 2.04. The van der Waals surface area contributed by atoms with Gasteiger partial charge in [0, 0.05) is 5.56 Å². The standard InChI is InChI=1S/C7H9NOS3/c1-10-6-3-5(4-8-9)7(11-2)12-6/h3H,4H2,1-2H3. The molecule has 1 heterocycles. The molecular weight excluding hydrogens is 210 g/mol. The summed E-state index contributed by atoms with van der Waals surface area (Å²) in [4.78, 5) is 10.1. The van der Waals surface area contributed by atoms with E-state index >= 15 is 0 Å². The maximum absolute atomic E-state index is 10.1. The van der Waals surface area contributed by atoms with Crippen LogP contribution in [0.5, 0.6) is 0 Å². The molecule has 5 heteroatoms. The predicted molar refractivity (Wildman–Crippen MR) is 57.4 cm³/mol. The van der Waals surface area contributed by atoms with Gasteiger partial charge in [0.1, 0.15) is 6.54 Å². The Kier molecular flexibility index (Phi) is 4.11. The van der Waals surface area contributed by atoms with E-state index in [9.17, 15) is 4.91 Å². The van der Waals surface area contributed by atoms with Crippen molar-refractivity contribution in [1.29, 1.82) is 0 Å². The van der Waals surface area contributed by atoms with E-state index < -0.39 is 0 Å². The van der Waals surface area contributed by atoms with E-state index in [1.165, 1.54) is 8.42 Å². The van der Waals surface area contributed by atoms with Crippen molar-refractivity contribution < 1.29 is 0 Å². The van der Waals surface area contributed by atoms with Crippen LogP contribution in [0.3, 0.4) is 0 Å². The number of rotatable bonds is 4. The van der Waals surface area contributed by atoms with Gasteiger partial charge >= 0.3 is 0 Å². The van der Waals surface area contributed by atoms with Gasteiger partial charge in [-0.05, 0) is 18.6 Å². The monoisotopic (exact) mass is 219 g/mol. The van der Waals surface area contributed by atoms with E-state index in [4.69, 9.17) is 0 Å². The van der Waals surface area contributed by atoms with Gasteiger partial charge in [0.25, 0.3) is 0 Å². The third-order valence-electron chi connectivity index (χ3n) is 1.37. The molecule has 0 radical (unpaired) electrons. The molecule has 0 saturated heterocycles. The quantitative estimate of drug-likeness (QED) is 0.573. The lowest BCUT2D eigenvalue weighted by molar-refractivity contribution is 1.03. The van der Waals surface area contributed by atoms with Crippen molar-refractivity contribution in [2.24, 2.45) is 5.18 Å². The number of nitrogens with zero attached hydrogens (tertiary/aromatic N) is 1. The molecule has 0 aliphatic heterocycles. The van der Waals surface area contributed by atoms with Crippen LogP contribution in [-0.4, -0.2) is 12.5 Å². The van der Waals surface area contributed by atoms with Crippen molar-refractivity contribution in [3.63, 3.8) is 0 Å². The van der Waals surface area contributed by atoms with Gasteiger partial charge in [0.2, 0.25) is 0 Å². The maximum Gasteiger partial charge on any atom is 0.108 e. The predicted octanol–water partition coefficient (Wildman–Crippen LogP) is 3.46. The van der Waals surface area contributed by atoms with Gasteiger partial charge in [0.15, 0.2) is 0 Å². The summed E-state index contributed by atoms with van der Waals surface area (Å²) < 4.78 is 2.46. The summed E-state index contributed by atoms with van der Waals surface area (Å²) in [5.41, 5.74) is 1.06. The summed E-state index contributed by atoms with van der Waals surface area (Å²) >= 11 is 5.11. The van der Waals surface area contributed by atoms with E-state index in [1.807, 2.05) is 18.6 Å². The normalized spacial score (nSPS) is 10.2. The Morgan fingerprint density at radius 1 is 1.50 bits per heavy atom. The molecule has 0 aliphatic carbocycles. The van der Waals surface area contributed by atoms with Crippen LogP contribution in [0.25, 0.3) is 0 Å². The van der Waals surface area contributed by atoms with Crippen molar-refractivity contribution in [1.82, 2.24) is 0 Å². The highest BCUT2D eigenvalue weighted by atomic mass is 32.2. The van der Waals surface area contributed by atoms with Crippen LogP contribution >= 0.6 is 34.9 Å². The zero-order valence-corrected chi connectivity index (χ0v) is 9.31. The van der Waals surface area contributed by atoms with Crippen LogP contribution in [0.2, 0.25) is 0 Å². The van der Waals surface area contributed by atoms with E-state index in [-0.39, 0.29) is 0 Å². The molecule has 0 atom stereocenters. The highest BCUT2D eigenvalue weighted by molar-refractivity contribution is 8.02. The van der Waals surface area contributed by atoms with Crippen molar-refractivity contribution in [3.8, 4) is 0 Å². The minimum atomic E-state index is 0.299. The topological polar surface area (TPSA) is 29.4 Å². The van der Waals surface area contributed by atoms with Gasteiger partial charge in [-0.2, -0.15) is 4.91 Å². The van der Waals surface area contributed by atoms with Gasteiger partial charge in [-0.1, -0.05) is 5.18 Å². The Morgan fingerprint density at radius 3 is 2.75 bits per heavy atom. The first kappa shape index (κ1) is 10.1. The molecule has 1 aromatic rings. The first-order valence-electron chi connectivity index (χ1n) is 3.31. The van der Waals surface area contributed by atoms with E-state index in [1.54, 1.807) is 34.9 Å². The van der Waals surface area contributed by atoms with E-state index in [2.05, 4.69) is 5.18 Å². The number of thioether (sulfide) groups is 2. The van der Waals surface area contributed by atoms with Crippen LogP contribution in [0.1, 0.15) is 5.56 Å². The van der Waals surface area contributed by atoms with Gasteiger partial charge in [0.05, 0.1) is 8.42 Å². The smallest absolute Gasteiger partial charge is 0.108 e. The summed E-state index contributed by atoms with van der Waals surface area (Å²) in [5, 5.41) is 2.90. The van der Waals surface area contributed by atoms with Crippen LogP contribution in [0.4, 0.5) is 0 Å². The minimum Gasteiger partial charge on any atom is -0.150 e. The number of thiophene rings is 1. The Bertz CT molecular complexity index is 272. The minimum absolute atomic E-state index is 0.299. The Balaban J connectivity index is 2.91. The fourth-order valence-corrected chi connectivity index (χ4v) is 3.47. The molecule has 0 fully saturated rings. The highest BCUT2D eigenvalue weighted by Crippen LogP contribution is 2.35. The molecule has 66 valence electrons. The number of hydrogen-bond donors (Lipinski definition) is 0. The summed E-state index contributed by atoms with van der Waals surface area (Å²) in [5.74, 6) is 0. The van der Waals surface area contributed by atoms with Crippen molar-refractivity contribution in [2.45, 2.75) is 15.0 Å². The second-order valence-corrected chi connectivity index (χ2v) is 5.31. The molecule has 0 amide bonds. The molecule has 0 bridgehead atoms. The first-order chi connectivity index (χ1) is 5.81. The van der Waals surface area contributed by atoms with Gasteiger partial charge < -0.3 is 0 Å². The summed E-state index contributed by atoms with van der Waals surface area (Å²) in [7, 11) is 0. The van der Waals surface area contributed by atoms with Crippen molar-refractivity contribution in [2.75, 3.05) is 12.5 Å². The molecule has 0 aliphatic rings. The fraction of sp³-hybridized carbons (Fsp3) is 0.429. The van der Waals surface area contributed by atoms with E-state index in [0.717, 1.165) is 5.56 Å². The zero-order valence-electron chi connectivity index (χ0n) is 6.86. The molecule has 0 aromatic carbocycles. The summed E-state index contributed by atoms with van der Waals surface area (Å²) in [6.07, 6.45) is 4.05. The Hall–Kier alpha value is -0.0000000000000000833. The van der Waals surface area contributed by atoms with Gasteiger partial charge in [-0.3, -0.25) is 0 Å². The third-order valence-corrected chi connectivity index (χ3v) is 4.79. The van der Waals surface area contributed by atoms with Crippen LogP contribution in [-0.2, 0) is 6.54 Å². The Morgan fingerprint density at radius 2 is 2.25 bits per heavy atom. The zero-order chi connectivity index (χ0) is 8.97. The van der Waals surface area contributed by atoms with Crippen LogP contribution in [0.15, 0.2) is 19.7 Å². The summed E-state index contributed by atoms with van der Waals surface area (Å²) in [6.45, 7) is 0.299. The lowest BCUT2D eigenvalue weighted by Crippen LogP contribution is -1.75. The molecule has 12 heavy (non-hydrogen) atoms. The van der Waals surface area contributed by atoms with Gasteiger partial charge in [-0.25, -0.2) is 0 Å². The molecule has 1 aromatic heterocycles. The van der Waals surface area contributed by atoms with Gasteiger partial charge in [-0.15, -0.1) is 34.9 Å². The average molecular weight is 219 g/mol. The first-order valence-corrected chi connectivity index (χ1v) is 6.58.